The molecule has 4 heteroatoms. The number of thiazole rings is 1. The Kier molecular flexibility index (Phi) is 8.51. The Labute approximate surface area is 172 Å². The second-order valence-corrected chi connectivity index (χ2v) is 8.12. The van der Waals surface area contributed by atoms with Crippen molar-refractivity contribution in [1.29, 1.82) is 0 Å². The van der Waals surface area contributed by atoms with Gasteiger partial charge in [0.05, 0.1) is 16.8 Å². The lowest BCUT2D eigenvalue weighted by Crippen LogP contribution is -1.97. The lowest BCUT2D eigenvalue weighted by atomic mass is 10.1. The number of fused-ring (bicyclic) bond motifs is 1. The SMILES string of the molecule is CCCCCCCCCCOc1ccc(/C=N/c2nc3ccccc3s2)cc1. The first-order valence-corrected chi connectivity index (χ1v) is 11.3. The zero-order chi connectivity index (χ0) is 19.4. The third-order valence-corrected chi connectivity index (χ3v) is 5.70. The molecule has 0 saturated carbocycles. The van der Waals surface area contributed by atoms with E-state index in [1.54, 1.807) is 11.3 Å². The summed E-state index contributed by atoms with van der Waals surface area (Å²) < 4.78 is 7.02. The minimum Gasteiger partial charge on any atom is -0.494 e. The molecule has 148 valence electrons. The first-order valence-electron chi connectivity index (χ1n) is 10.5. The molecule has 0 unspecified atom stereocenters. The normalized spacial score (nSPS) is 11.5. The molecule has 0 fully saturated rings. The summed E-state index contributed by atoms with van der Waals surface area (Å²) in [5, 5.41) is 0.788. The Balaban J connectivity index is 1.36. The summed E-state index contributed by atoms with van der Waals surface area (Å²) in [6.45, 7) is 3.06. The Morgan fingerprint density at radius 3 is 2.36 bits per heavy atom. The first kappa shape index (κ1) is 20.5. The van der Waals surface area contributed by atoms with Crippen LogP contribution in [0.15, 0.2) is 53.5 Å². The van der Waals surface area contributed by atoms with Gasteiger partial charge in [0.15, 0.2) is 0 Å². The van der Waals surface area contributed by atoms with Crippen molar-refractivity contribution < 1.29 is 4.74 Å². The van der Waals surface area contributed by atoms with Crippen molar-refractivity contribution in [3.63, 3.8) is 0 Å². The molecule has 0 amide bonds. The molecule has 0 aliphatic rings. The third-order valence-electron chi connectivity index (χ3n) is 4.75. The molecule has 28 heavy (non-hydrogen) atoms. The van der Waals surface area contributed by atoms with E-state index < -0.39 is 0 Å². The largest absolute Gasteiger partial charge is 0.494 e. The van der Waals surface area contributed by atoms with Crippen LogP contribution in [-0.4, -0.2) is 17.8 Å². The van der Waals surface area contributed by atoms with Crippen LogP contribution in [0.25, 0.3) is 10.2 Å². The van der Waals surface area contributed by atoms with Gasteiger partial charge in [-0.3, -0.25) is 0 Å². The van der Waals surface area contributed by atoms with Gasteiger partial charge >= 0.3 is 0 Å². The lowest BCUT2D eigenvalue weighted by Gasteiger charge is -2.06. The molecule has 0 bridgehead atoms. The molecule has 0 aliphatic carbocycles. The smallest absolute Gasteiger partial charge is 0.210 e. The zero-order valence-corrected chi connectivity index (χ0v) is 17.6. The van der Waals surface area contributed by atoms with Crippen molar-refractivity contribution in [2.45, 2.75) is 58.3 Å². The quantitative estimate of drug-likeness (QED) is 0.234. The minimum atomic E-state index is 0.788. The van der Waals surface area contributed by atoms with Crippen molar-refractivity contribution >= 4 is 32.9 Å². The molecule has 0 N–H and O–H groups in total. The second-order valence-electron chi connectivity index (χ2n) is 7.11. The van der Waals surface area contributed by atoms with E-state index in [0.717, 1.165) is 35.0 Å². The highest BCUT2D eigenvalue weighted by Gasteiger charge is 2.01. The average Bonchev–Trinajstić information content (AvgIpc) is 3.15. The van der Waals surface area contributed by atoms with E-state index in [-0.39, 0.29) is 0 Å². The molecule has 3 nitrogen and oxygen atoms in total. The standard InChI is InChI=1S/C24H30N2OS/c1-2-3-4-5-6-7-8-11-18-27-21-16-14-20(15-17-21)19-25-24-26-22-12-9-10-13-23(22)28-24/h9-10,12-17,19H,2-8,11,18H2,1H3/b25-19+. The van der Waals surface area contributed by atoms with Gasteiger partial charge in [0.2, 0.25) is 5.13 Å². The molecule has 1 heterocycles. The van der Waals surface area contributed by atoms with Crippen LogP contribution in [0.3, 0.4) is 0 Å². The Bertz CT molecular complexity index is 821. The molecule has 2 aromatic carbocycles. The molecule has 0 saturated heterocycles. The summed E-state index contributed by atoms with van der Waals surface area (Å²) in [6, 6.07) is 16.2. The number of unbranched alkanes of at least 4 members (excludes halogenated alkanes) is 7. The van der Waals surface area contributed by atoms with E-state index in [1.807, 2.05) is 48.7 Å². The van der Waals surface area contributed by atoms with E-state index in [4.69, 9.17) is 4.74 Å². The second kappa shape index (κ2) is 11.6. The highest BCUT2D eigenvalue weighted by atomic mass is 32.1. The van der Waals surface area contributed by atoms with Crippen LogP contribution in [-0.2, 0) is 0 Å². The van der Waals surface area contributed by atoms with Gasteiger partial charge in [-0.15, -0.1) is 0 Å². The summed E-state index contributed by atoms with van der Waals surface area (Å²) >= 11 is 1.61. The van der Waals surface area contributed by atoms with Crippen LogP contribution in [0.5, 0.6) is 5.75 Å². The molecule has 3 aromatic rings. The van der Waals surface area contributed by atoms with E-state index in [2.05, 4.69) is 23.0 Å². The van der Waals surface area contributed by atoms with E-state index in [1.165, 1.54) is 49.6 Å². The molecule has 0 radical (unpaired) electrons. The third kappa shape index (κ3) is 6.75. The van der Waals surface area contributed by atoms with Crippen molar-refractivity contribution in [2.24, 2.45) is 4.99 Å². The van der Waals surface area contributed by atoms with Crippen molar-refractivity contribution in [3.05, 3.63) is 54.1 Å². The van der Waals surface area contributed by atoms with Gasteiger partial charge in [-0.1, -0.05) is 75.3 Å². The van der Waals surface area contributed by atoms with E-state index >= 15 is 0 Å². The predicted molar refractivity (Wildman–Crippen MR) is 121 cm³/mol. The van der Waals surface area contributed by atoms with Gasteiger partial charge in [-0.25, -0.2) is 9.98 Å². The summed E-state index contributed by atoms with van der Waals surface area (Å²) in [4.78, 5) is 9.03. The van der Waals surface area contributed by atoms with Gasteiger partial charge in [0, 0.05) is 6.21 Å². The van der Waals surface area contributed by atoms with Crippen LogP contribution >= 0.6 is 11.3 Å². The maximum absolute atomic E-state index is 5.85. The summed E-state index contributed by atoms with van der Waals surface area (Å²) in [5.41, 5.74) is 2.06. The maximum atomic E-state index is 5.85. The monoisotopic (exact) mass is 394 g/mol. The molecule has 3 rings (SSSR count). The fourth-order valence-electron chi connectivity index (χ4n) is 3.12. The number of aromatic nitrogens is 1. The molecular formula is C24H30N2OS. The molecular weight excluding hydrogens is 364 g/mol. The predicted octanol–water partition coefficient (Wildman–Crippen LogP) is 7.57. The van der Waals surface area contributed by atoms with Crippen molar-refractivity contribution in [1.82, 2.24) is 4.98 Å². The summed E-state index contributed by atoms with van der Waals surface area (Å²) in [6.07, 6.45) is 12.4. The molecule has 0 spiro atoms. The van der Waals surface area contributed by atoms with Gasteiger partial charge in [0.25, 0.3) is 0 Å². The zero-order valence-electron chi connectivity index (χ0n) is 16.8. The molecule has 0 atom stereocenters. The number of aliphatic imine (C=N–C) groups is 1. The maximum Gasteiger partial charge on any atom is 0.210 e. The van der Waals surface area contributed by atoms with E-state index in [9.17, 15) is 0 Å². The molecule has 0 aliphatic heterocycles. The van der Waals surface area contributed by atoms with Gasteiger partial charge in [0.1, 0.15) is 5.75 Å². The first-order chi connectivity index (χ1) is 13.8. The number of rotatable bonds is 12. The van der Waals surface area contributed by atoms with Gasteiger partial charge in [-0.05, 0) is 48.4 Å². The molecule has 1 aromatic heterocycles. The van der Waals surface area contributed by atoms with Crippen LogP contribution in [0.4, 0.5) is 5.13 Å². The Morgan fingerprint density at radius 2 is 1.61 bits per heavy atom. The Hall–Kier alpha value is -2.20. The van der Waals surface area contributed by atoms with E-state index in [0.29, 0.717) is 0 Å². The minimum absolute atomic E-state index is 0.788. The van der Waals surface area contributed by atoms with Gasteiger partial charge < -0.3 is 4.74 Å². The van der Waals surface area contributed by atoms with Crippen LogP contribution in [0.2, 0.25) is 0 Å². The number of para-hydroxylation sites is 1. The Morgan fingerprint density at radius 1 is 0.893 bits per heavy atom. The lowest BCUT2D eigenvalue weighted by molar-refractivity contribution is 0.304. The highest BCUT2D eigenvalue weighted by Crippen LogP contribution is 2.27. The topological polar surface area (TPSA) is 34.5 Å². The summed E-state index contributed by atoms with van der Waals surface area (Å²) in [7, 11) is 0. The average molecular weight is 395 g/mol. The number of benzene rings is 2. The fraction of sp³-hybridized carbons (Fsp3) is 0.417. The fourth-order valence-corrected chi connectivity index (χ4v) is 3.93. The summed E-state index contributed by atoms with van der Waals surface area (Å²) in [5.74, 6) is 0.931. The highest BCUT2D eigenvalue weighted by molar-refractivity contribution is 7.22. The van der Waals surface area contributed by atoms with Crippen molar-refractivity contribution in [3.8, 4) is 5.75 Å². The van der Waals surface area contributed by atoms with Gasteiger partial charge in [-0.2, -0.15) is 0 Å². The number of hydrogen-bond donors (Lipinski definition) is 0. The number of ether oxygens (including phenoxy) is 1. The van der Waals surface area contributed by atoms with Crippen LogP contribution in [0, 0.1) is 0 Å². The van der Waals surface area contributed by atoms with Crippen molar-refractivity contribution in [2.75, 3.05) is 6.61 Å². The number of hydrogen-bond acceptors (Lipinski definition) is 4. The number of nitrogens with zero attached hydrogens (tertiary/aromatic N) is 2. The van der Waals surface area contributed by atoms with Crippen LogP contribution < -0.4 is 4.74 Å². The van der Waals surface area contributed by atoms with Crippen LogP contribution in [0.1, 0.15) is 63.9 Å².